The van der Waals surface area contributed by atoms with Crippen LogP contribution in [0.4, 0.5) is 0 Å². The van der Waals surface area contributed by atoms with E-state index in [9.17, 15) is 8.42 Å². The molecule has 1 heterocycles. The van der Waals surface area contributed by atoms with Crippen LogP contribution in [-0.4, -0.2) is 32.6 Å². The molecule has 0 unspecified atom stereocenters. The molecule has 1 saturated heterocycles. The molecule has 1 aromatic carbocycles. The molecule has 0 saturated carbocycles. The molecule has 0 spiro atoms. The van der Waals surface area contributed by atoms with Gasteiger partial charge in [0.25, 0.3) is 0 Å². The summed E-state index contributed by atoms with van der Waals surface area (Å²) in [5.41, 5.74) is 0.679. The van der Waals surface area contributed by atoms with Gasteiger partial charge in [0.2, 0.25) is 10.0 Å². The minimum Gasteiger partial charge on any atom is -0.496 e. The number of nitrogens with one attached hydrogen (secondary N) is 2. The maximum atomic E-state index is 12.8. The lowest BCUT2D eigenvalue weighted by molar-refractivity contribution is 0.157. The Morgan fingerprint density at radius 3 is 2.29 bits per heavy atom. The Hall–Kier alpha value is -1.11. The standard InChI is InChI=1S/C18H30N2O3S/c1-7-13-10-15(8-9-16(13)23-6)24(21,22)19-14-11-17(2,3)20-18(4,5)12-14/h8-10,14,19-20H,7,11-12H2,1-6H3. The lowest BCUT2D eigenvalue weighted by Crippen LogP contribution is -2.62. The van der Waals surface area contributed by atoms with Gasteiger partial charge in [0.05, 0.1) is 12.0 Å². The molecule has 5 nitrogen and oxygen atoms in total. The van der Waals surface area contributed by atoms with Crippen molar-refractivity contribution in [2.45, 2.75) is 75.9 Å². The van der Waals surface area contributed by atoms with Gasteiger partial charge in [-0.15, -0.1) is 0 Å². The lowest BCUT2D eigenvalue weighted by Gasteiger charge is -2.46. The molecule has 1 aliphatic rings. The highest BCUT2D eigenvalue weighted by molar-refractivity contribution is 7.89. The predicted octanol–water partition coefficient (Wildman–Crippen LogP) is 2.85. The number of benzene rings is 1. The molecule has 0 radical (unpaired) electrons. The predicted molar refractivity (Wildman–Crippen MR) is 97.0 cm³/mol. The average molecular weight is 355 g/mol. The summed E-state index contributed by atoms with van der Waals surface area (Å²) in [5, 5.41) is 3.57. The maximum absolute atomic E-state index is 12.8. The Labute approximate surface area is 146 Å². The molecule has 2 rings (SSSR count). The van der Waals surface area contributed by atoms with Crippen LogP contribution in [0.15, 0.2) is 23.1 Å². The highest BCUT2D eigenvalue weighted by Crippen LogP contribution is 2.30. The topological polar surface area (TPSA) is 67.4 Å². The second-order valence-electron chi connectivity index (χ2n) is 7.95. The van der Waals surface area contributed by atoms with Gasteiger partial charge in [-0.05, 0) is 70.7 Å². The van der Waals surface area contributed by atoms with Crippen molar-refractivity contribution < 1.29 is 13.2 Å². The average Bonchev–Trinajstić information content (AvgIpc) is 2.42. The van der Waals surface area contributed by atoms with Crippen molar-refractivity contribution in [3.63, 3.8) is 0 Å². The molecule has 2 N–H and O–H groups in total. The summed E-state index contributed by atoms with van der Waals surface area (Å²) in [6, 6.07) is 4.95. The Kier molecular flexibility index (Phi) is 5.33. The van der Waals surface area contributed by atoms with E-state index in [1.807, 2.05) is 6.92 Å². The lowest BCUT2D eigenvalue weighted by atomic mass is 9.80. The van der Waals surface area contributed by atoms with Crippen LogP contribution in [-0.2, 0) is 16.4 Å². The van der Waals surface area contributed by atoms with Crippen LogP contribution < -0.4 is 14.8 Å². The molecular formula is C18H30N2O3S. The monoisotopic (exact) mass is 354 g/mol. The van der Waals surface area contributed by atoms with Crippen LogP contribution in [0.2, 0.25) is 0 Å². The minimum atomic E-state index is -3.55. The first-order chi connectivity index (χ1) is 11.0. The van der Waals surface area contributed by atoms with Gasteiger partial charge >= 0.3 is 0 Å². The Morgan fingerprint density at radius 1 is 1.21 bits per heavy atom. The van der Waals surface area contributed by atoms with E-state index in [-0.39, 0.29) is 17.1 Å². The van der Waals surface area contributed by atoms with Crippen LogP contribution in [0.3, 0.4) is 0 Å². The van der Waals surface area contributed by atoms with E-state index in [0.717, 1.165) is 30.6 Å². The number of aryl methyl sites for hydroxylation is 1. The molecule has 0 amide bonds. The molecule has 0 aliphatic carbocycles. The second-order valence-corrected chi connectivity index (χ2v) is 9.66. The first-order valence-corrected chi connectivity index (χ1v) is 9.95. The summed E-state index contributed by atoms with van der Waals surface area (Å²) >= 11 is 0. The Balaban J connectivity index is 2.25. The van der Waals surface area contributed by atoms with Crippen LogP contribution in [0.25, 0.3) is 0 Å². The molecule has 0 bridgehead atoms. The summed E-state index contributed by atoms with van der Waals surface area (Å²) in [6.45, 7) is 10.4. The van der Waals surface area contributed by atoms with Crippen LogP contribution in [0.5, 0.6) is 5.75 Å². The number of hydrogen-bond donors (Lipinski definition) is 2. The zero-order valence-electron chi connectivity index (χ0n) is 15.6. The third kappa shape index (κ3) is 4.49. The minimum absolute atomic E-state index is 0.0894. The van der Waals surface area contributed by atoms with Crippen molar-refractivity contribution >= 4 is 10.0 Å². The van der Waals surface area contributed by atoms with Crippen molar-refractivity contribution in [1.82, 2.24) is 10.0 Å². The van der Waals surface area contributed by atoms with Gasteiger partial charge in [0.15, 0.2) is 0 Å². The van der Waals surface area contributed by atoms with E-state index in [0.29, 0.717) is 4.90 Å². The fourth-order valence-corrected chi connectivity index (χ4v) is 5.18. The molecule has 24 heavy (non-hydrogen) atoms. The molecular weight excluding hydrogens is 324 g/mol. The highest BCUT2D eigenvalue weighted by atomic mass is 32.2. The Morgan fingerprint density at radius 2 is 1.79 bits per heavy atom. The van der Waals surface area contributed by atoms with E-state index in [2.05, 4.69) is 37.7 Å². The number of sulfonamides is 1. The molecule has 0 atom stereocenters. The largest absolute Gasteiger partial charge is 0.496 e. The number of rotatable bonds is 5. The summed E-state index contributed by atoms with van der Waals surface area (Å²) < 4.78 is 33.8. The maximum Gasteiger partial charge on any atom is 0.240 e. The number of ether oxygens (including phenoxy) is 1. The van der Waals surface area contributed by atoms with Gasteiger partial charge in [-0.25, -0.2) is 13.1 Å². The quantitative estimate of drug-likeness (QED) is 0.853. The molecule has 1 aromatic rings. The van der Waals surface area contributed by atoms with Crippen LogP contribution in [0, 0.1) is 0 Å². The first kappa shape index (κ1) is 19.2. The summed E-state index contributed by atoms with van der Waals surface area (Å²) in [4.78, 5) is 0.300. The highest BCUT2D eigenvalue weighted by Gasteiger charge is 2.39. The van der Waals surface area contributed by atoms with Crippen molar-refractivity contribution in [3.05, 3.63) is 23.8 Å². The zero-order valence-corrected chi connectivity index (χ0v) is 16.4. The van der Waals surface area contributed by atoms with E-state index >= 15 is 0 Å². The van der Waals surface area contributed by atoms with E-state index in [1.165, 1.54) is 0 Å². The summed E-state index contributed by atoms with van der Waals surface area (Å²) in [6.07, 6.45) is 2.23. The van der Waals surface area contributed by atoms with Gasteiger partial charge in [0.1, 0.15) is 5.75 Å². The first-order valence-electron chi connectivity index (χ1n) is 8.46. The molecule has 0 aromatic heterocycles. The molecule has 6 heteroatoms. The Bertz CT molecular complexity index is 680. The van der Waals surface area contributed by atoms with Gasteiger partial charge in [-0.1, -0.05) is 6.92 Å². The van der Waals surface area contributed by atoms with Gasteiger partial charge < -0.3 is 10.1 Å². The van der Waals surface area contributed by atoms with E-state index < -0.39 is 10.0 Å². The normalized spacial score (nSPS) is 20.8. The van der Waals surface area contributed by atoms with E-state index in [4.69, 9.17) is 4.74 Å². The van der Waals surface area contributed by atoms with E-state index in [1.54, 1.807) is 25.3 Å². The number of hydrogen-bond acceptors (Lipinski definition) is 4. The SMILES string of the molecule is CCc1cc(S(=O)(=O)NC2CC(C)(C)NC(C)(C)C2)ccc1OC. The molecule has 1 fully saturated rings. The third-order valence-corrected chi connectivity index (χ3v) is 5.97. The second kappa shape index (κ2) is 6.65. The summed E-state index contributed by atoms with van der Waals surface area (Å²) in [5.74, 6) is 0.723. The van der Waals surface area contributed by atoms with Gasteiger partial charge in [-0.2, -0.15) is 0 Å². The van der Waals surface area contributed by atoms with Crippen molar-refractivity contribution in [2.75, 3.05) is 7.11 Å². The van der Waals surface area contributed by atoms with Gasteiger partial charge in [0, 0.05) is 17.1 Å². The van der Waals surface area contributed by atoms with Crippen molar-refractivity contribution in [3.8, 4) is 5.75 Å². The fraction of sp³-hybridized carbons (Fsp3) is 0.667. The fourth-order valence-electron chi connectivity index (χ4n) is 3.89. The smallest absolute Gasteiger partial charge is 0.240 e. The van der Waals surface area contributed by atoms with Crippen LogP contribution in [0.1, 0.15) is 53.0 Å². The number of methoxy groups -OCH3 is 1. The number of piperidine rings is 1. The molecule has 136 valence electrons. The molecule has 1 aliphatic heterocycles. The van der Waals surface area contributed by atoms with Gasteiger partial charge in [-0.3, -0.25) is 0 Å². The summed E-state index contributed by atoms with van der Waals surface area (Å²) in [7, 11) is -1.95. The zero-order chi connectivity index (χ0) is 18.2. The third-order valence-electron chi connectivity index (χ3n) is 4.46. The van der Waals surface area contributed by atoms with Crippen molar-refractivity contribution in [1.29, 1.82) is 0 Å². The van der Waals surface area contributed by atoms with Crippen molar-refractivity contribution in [2.24, 2.45) is 0 Å². The van der Waals surface area contributed by atoms with Crippen LogP contribution >= 0.6 is 0 Å².